The minimum absolute atomic E-state index is 0.153. The van der Waals surface area contributed by atoms with Gasteiger partial charge in [0.2, 0.25) is 5.91 Å². The van der Waals surface area contributed by atoms with E-state index in [-0.39, 0.29) is 22.7 Å². The molecule has 6 heteroatoms. The van der Waals surface area contributed by atoms with Crippen molar-refractivity contribution in [1.82, 2.24) is 10.2 Å². The first-order chi connectivity index (χ1) is 9.61. The lowest BCUT2D eigenvalue weighted by molar-refractivity contribution is -0.131. The molecular weight excluding hydrogens is 258 g/mol. The van der Waals surface area contributed by atoms with E-state index in [0.29, 0.717) is 12.8 Å². The molecule has 1 fully saturated rings. The molecule has 2 aliphatic heterocycles. The number of hydrogen-bond donors (Lipinski definition) is 2. The van der Waals surface area contributed by atoms with Gasteiger partial charge in [-0.2, -0.15) is 0 Å². The van der Waals surface area contributed by atoms with Crippen molar-refractivity contribution in [3.05, 3.63) is 29.3 Å². The quantitative estimate of drug-likeness (QED) is 0.570. The van der Waals surface area contributed by atoms with Crippen LogP contribution in [-0.4, -0.2) is 35.7 Å². The zero-order chi connectivity index (χ0) is 14.3. The van der Waals surface area contributed by atoms with Crippen LogP contribution in [0.3, 0.4) is 0 Å². The molecule has 1 aromatic rings. The summed E-state index contributed by atoms with van der Waals surface area (Å²) >= 11 is 0. The number of anilines is 1. The van der Waals surface area contributed by atoms with Crippen molar-refractivity contribution in [2.24, 2.45) is 5.92 Å². The summed E-state index contributed by atoms with van der Waals surface area (Å²) in [6.45, 7) is 1.45. The number of nitrogen functional groups attached to an aromatic ring is 1. The van der Waals surface area contributed by atoms with Crippen LogP contribution in [0.25, 0.3) is 0 Å². The highest BCUT2D eigenvalue weighted by Crippen LogP contribution is 2.29. The molecule has 20 heavy (non-hydrogen) atoms. The second-order valence-corrected chi connectivity index (χ2v) is 5.08. The van der Waals surface area contributed by atoms with Crippen LogP contribution in [0.1, 0.15) is 33.6 Å². The van der Waals surface area contributed by atoms with Crippen molar-refractivity contribution in [1.29, 1.82) is 0 Å². The van der Waals surface area contributed by atoms with E-state index in [1.807, 2.05) is 0 Å². The van der Waals surface area contributed by atoms with Crippen LogP contribution in [0.2, 0.25) is 0 Å². The number of nitrogens with two attached hydrogens (primary N) is 1. The average molecular weight is 273 g/mol. The standard InChI is InChI=1S/C14H15N3O3/c15-10-3-1-2-9-11(10)14(20)17(13(9)19)12(18)8-4-6-16-7-5-8/h1-3,8,16H,4-7,15H2. The Morgan fingerprint density at radius 1 is 1.20 bits per heavy atom. The molecule has 3 amide bonds. The Morgan fingerprint density at radius 3 is 2.55 bits per heavy atom. The highest BCUT2D eigenvalue weighted by atomic mass is 16.2. The van der Waals surface area contributed by atoms with Crippen LogP contribution < -0.4 is 11.1 Å². The van der Waals surface area contributed by atoms with Crippen molar-refractivity contribution in [2.45, 2.75) is 12.8 Å². The summed E-state index contributed by atoms with van der Waals surface area (Å²) < 4.78 is 0. The molecule has 1 aromatic carbocycles. The van der Waals surface area contributed by atoms with Crippen LogP contribution in [0.4, 0.5) is 5.69 Å². The maximum absolute atomic E-state index is 12.4. The Hall–Kier alpha value is -2.21. The number of imide groups is 3. The van der Waals surface area contributed by atoms with Gasteiger partial charge in [0.15, 0.2) is 0 Å². The third kappa shape index (κ3) is 1.80. The fourth-order valence-corrected chi connectivity index (χ4v) is 2.76. The van der Waals surface area contributed by atoms with Gasteiger partial charge >= 0.3 is 0 Å². The fourth-order valence-electron chi connectivity index (χ4n) is 2.76. The Kier molecular flexibility index (Phi) is 3.02. The van der Waals surface area contributed by atoms with Crippen molar-refractivity contribution in [2.75, 3.05) is 18.8 Å². The first kappa shape index (κ1) is 12.8. The first-order valence-corrected chi connectivity index (χ1v) is 6.63. The van der Waals surface area contributed by atoms with Gasteiger partial charge in [-0.05, 0) is 38.1 Å². The monoisotopic (exact) mass is 273 g/mol. The van der Waals surface area contributed by atoms with Crippen LogP contribution in [0, 0.1) is 5.92 Å². The smallest absolute Gasteiger partial charge is 0.270 e. The van der Waals surface area contributed by atoms with Crippen molar-refractivity contribution >= 4 is 23.4 Å². The lowest BCUT2D eigenvalue weighted by Gasteiger charge is -2.24. The van der Waals surface area contributed by atoms with Crippen LogP contribution in [-0.2, 0) is 4.79 Å². The van der Waals surface area contributed by atoms with Crippen molar-refractivity contribution in [3.8, 4) is 0 Å². The topological polar surface area (TPSA) is 92.5 Å². The summed E-state index contributed by atoms with van der Waals surface area (Å²) in [6.07, 6.45) is 1.28. The predicted molar refractivity (Wildman–Crippen MR) is 72.0 cm³/mol. The second kappa shape index (κ2) is 4.72. The van der Waals surface area contributed by atoms with E-state index in [9.17, 15) is 14.4 Å². The number of piperidine rings is 1. The van der Waals surface area contributed by atoms with E-state index < -0.39 is 17.7 Å². The average Bonchev–Trinajstić information content (AvgIpc) is 2.72. The number of hydrogen-bond acceptors (Lipinski definition) is 5. The van der Waals surface area contributed by atoms with E-state index in [1.165, 1.54) is 6.07 Å². The molecule has 0 spiro atoms. The fraction of sp³-hybridized carbons (Fsp3) is 0.357. The molecule has 0 radical (unpaired) electrons. The Morgan fingerprint density at radius 2 is 1.90 bits per heavy atom. The summed E-state index contributed by atoms with van der Waals surface area (Å²) in [5.74, 6) is -1.83. The molecule has 3 rings (SSSR count). The number of benzene rings is 1. The number of nitrogens with one attached hydrogen (secondary N) is 1. The molecule has 2 heterocycles. The van der Waals surface area contributed by atoms with Crippen molar-refractivity contribution in [3.63, 3.8) is 0 Å². The van der Waals surface area contributed by atoms with Gasteiger partial charge in [-0.15, -0.1) is 0 Å². The van der Waals surface area contributed by atoms with Gasteiger partial charge < -0.3 is 11.1 Å². The van der Waals surface area contributed by atoms with Gasteiger partial charge in [0.05, 0.1) is 11.1 Å². The second-order valence-electron chi connectivity index (χ2n) is 5.08. The van der Waals surface area contributed by atoms with Gasteiger partial charge in [-0.3, -0.25) is 14.4 Å². The Balaban J connectivity index is 1.93. The van der Waals surface area contributed by atoms with E-state index >= 15 is 0 Å². The normalized spacial score (nSPS) is 19.3. The van der Waals surface area contributed by atoms with Crippen LogP contribution in [0.5, 0.6) is 0 Å². The molecule has 0 saturated carbocycles. The van der Waals surface area contributed by atoms with Gasteiger partial charge in [0, 0.05) is 11.6 Å². The molecule has 3 N–H and O–H groups in total. The molecule has 0 atom stereocenters. The number of carbonyl (C=O) groups excluding carboxylic acids is 3. The van der Waals surface area contributed by atoms with Crippen LogP contribution in [0.15, 0.2) is 18.2 Å². The molecule has 0 aliphatic carbocycles. The summed E-state index contributed by atoms with van der Waals surface area (Å²) in [6, 6.07) is 4.70. The zero-order valence-electron chi connectivity index (χ0n) is 10.9. The molecule has 0 aromatic heterocycles. The molecule has 2 aliphatic rings. The maximum Gasteiger partial charge on any atom is 0.270 e. The minimum atomic E-state index is -0.591. The van der Waals surface area contributed by atoms with Gasteiger partial charge in [0.25, 0.3) is 11.8 Å². The highest BCUT2D eigenvalue weighted by molar-refractivity contribution is 6.30. The lowest BCUT2D eigenvalue weighted by Crippen LogP contribution is -2.43. The van der Waals surface area contributed by atoms with Crippen molar-refractivity contribution < 1.29 is 14.4 Å². The predicted octanol–water partition coefficient (Wildman–Crippen LogP) is 0.391. The minimum Gasteiger partial charge on any atom is -0.398 e. The Labute approximate surface area is 115 Å². The summed E-state index contributed by atoms with van der Waals surface area (Å²) in [7, 11) is 0. The SMILES string of the molecule is Nc1cccc2c1C(=O)N(C(=O)C1CCNCC1)C2=O. The molecule has 104 valence electrons. The third-order valence-corrected chi connectivity index (χ3v) is 3.86. The van der Waals surface area contributed by atoms with Gasteiger partial charge in [-0.25, -0.2) is 4.90 Å². The maximum atomic E-state index is 12.4. The summed E-state index contributed by atoms with van der Waals surface area (Å²) in [5.41, 5.74) is 6.35. The summed E-state index contributed by atoms with van der Waals surface area (Å²) in [4.78, 5) is 37.7. The molecule has 0 unspecified atom stereocenters. The molecule has 6 nitrogen and oxygen atoms in total. The van der Waals surface area contributed by atoms with E-state index in [2.05, 4.69) is 5.32 Å². The lowest BCUT2D eigenvalue weighted by atomic mass is 9.96. The van der Waals surface area contributed by atoms with E-state index in [1.54, 1.807) is 12.1 Å². The van der Waals surface area contributed by atoms with Crippen LogP contribution >= 0.6 is 0 Å². The van der Waals surface area contributed by atoms with E-state index in [4.69, 9.17) is 5.73 Å². The number of rotatable bonds is 1. The van der Waals surface area contributed by atoms with Gasteiger partial charge in [0.1, 0.15) is 0 Å². The Bertz CT molecular complexity index is 606. The molecule has 1 saturated heterocycles. The third-order valence-electron chi connectivity index (χ3n) is 3.86. The largest absolute Gasteiger partial charge is 0.398 e. The van der Waals surface area contributed by atoms with E-state index in [0.717, 1.165) is 18.0 Å². The summed E-state index contributed by atoms with van der Waals surface area (Å²) in [5, 5.41) is 3.15. The zero-order valence-corrected chi connectivity index (χ0v) is 10.9. The molecule has 0 bridgehead atoms. The first-order valence-electron chi connectivity index (χ1n) is 6.63. The number of fused-ring (bicyclic) bond motifs is 1. The number of nitrogens with zero attached hydrogens (tertiary/aromatic N) is 1. The number of amides is 3. The highest BCUT2D eigenvalue weighted by Gasteiger charge is 2.43. The molecular formula is C14H15N3O3. The van der Waals surface area contributed by atoms with Gasteiger partial charge in [-0.1, -0.05) is 6.07 Å². The number of carbonyl (C=O) groups is 3.